The number of hydrogen-bond acceptors (Lipinski definition) is 1. The van der Waals surface area contributed by atoms with Gasteiger partial charge in [-0.05, 0) is 12.8 Å². The zero-order valence-electron chi connectivity index (χ0n) is 9.73. The first-order chi connectivity index (χ1) is 7.36. The fourth-order valence-corrected chi connectivity index (χ4v) is 1.73. The van der Waals surface area contributed by atoms with Gasteiger partial charge in [0.05, 0.1) is 6.54 Å². The summed E-state index contributed by atoms with van der Waals surface area (Å²) in [6.45, 7) is 3.39. The van der Waals surface area contributed by atoms with Crippen molar-refractivity contribution < 1.29 is 9.67 Å². The summed E-state index contributed by atoms with van der Waals surface area (Å²) in [5.74, 6) is 0. The van der Waals surface area contributed by atoms with Crippen molar-refractivity contribution in [2.24, 2.45) is 0 Å². The molecule has 0 amide bonds. The first-order valence-electron chi connectivity index (χ1n) is 6.02. The maximum Gasteiger partial charge on any atom is 0.245 e. The monoisotopic (exact) mass is 211 g/mol. The van der Waals surface area contributed by atoms with Crippen molar-refractivity contribution in [3.63, 3.8) is 0 Å². The largest absolute Gasteiger partial charge is 0.358 e. The SMILES string of the molecule is CCCCCCCCn1cc[n+](CO)c1. The van der Waals surface area contributed by atoms with Crippen LogP contribution in [0.25, 0.3) is 0 Å². The van der Waals surface area contributed by atoms with E-state index in [0.29, 0.717) is 0 Å². The Morgan fingerprint density at radius 2 is 1.87 bits per heavy atom. The first kappa shape index (κ1) is 12.2. The fourth-order valence-electron chi connectivity index (χ4n) is 1.73. The number of imidazole rings is 1. The molecule has 0 unspecified atom stereocenters. The lowest BCUT2D eigenvalue weighted by molar-refractivity contribution is -0.729. The molecule has 3 nitrogen and oxygen atoms in total. The molecule has 15 heavy (non-hydrogen) atoms. The number of hydrogen-bond donors (Lipinski definition) is 1. The molecular weight excluding hydrogens is 188 g/mol. The molecule has 0 fully saturated rings. The number of aliphatic hydroxyl groups excluding tert-OH is 1. The number of nitrogens with zero attached hydrogens (tertiary/aromatic N) is 2. The molecule has 0 saturated carbocycles. The van der Waals surface area contributed by atoms with E-state index in [1.54, 1.807) is 4.57 Å². The van der Waals surface area contributed by atoms with Crippen molar-refractivity contribution in [3.8, 4) is 0 Å². The smallest absolute Gasteiger partial charge is 0.245 e. The van der Waals surface area contributed by atoms with Crippen LogP contribution in [0.4, 0.5) is 0 Å². The molecule has 0 spiro atoms. The lowest BCUT2D eigenvalue weighted by Crippen LogP contribution is -2.30. The maximum absolute atomic E-state index is 8.87. The Balaban J connectivity index is 2.04. The highest BCUT2D eigenvalue weighted by molar-refractivity contribution is 4.65. The van der Waals surface area contributed by atoms with Crippen LogP contribution in [-0.4, -0.2) is 9.67 Å². The highest BCUT2D eigenvalue weighted by Crippen LogP contribution is 2.05. The Hall–Kier alpha value is -0.830. The van der Waals surface area contributed by atoms with Crippen LogP contribution in [-0.2, 0) is 13.3 Å². The lowest BCUT2D eigenvalue weighted by atomic mass is 10.1. The minimum Gasteiger partial charge on any atom is -0.358 e. The van der Waals surface area contributed by atoms with Crippen LogP contribution in [0.3, 0.4) is 0 Å². The molecule has 0 aliphatic rings. The molecular formula is C12H23N2O+. The fraction of sp³-hybridized carbons (Fsp3) is 0.750. The van der Waals surface area contributed by atoms with E-state index < -0.39 is 0 Å². The molecule has 0 aliphatic carbocycles. The summed E-state index contributed by atoms with van der Waals surface area (Å²) in [7, 11) is 0. The highest BCUT2D eigenvalue weighted by Gasteiger charge is 2.01. The van der Waals surface area contributed by atoms with Gasteiger partial charge in [0.2, 0.25) is 6.33 Å². The van der Waals surface area contributed by atoms with E-state index in [1.807, 2.05) is 18.7 Å². The van der Waals surface area contributed by atoms with Crippen LogP contribution in [0.15, 0.2) is 18.7 Å². The summed E-state index contributed by atoms with van der Waals surface area (Å²) in [5.41, 5.74) is 0. The zero-order chi connectivity index (χ0) is 10.9. The van der Waals surface area contributed by atoms with Gasteiger partial charge < -0.3 is 5.11 Å². The predicted octanol–water partition coefficient (Wildman–Crippen LogP) is 2.09. The third kappa shape index (κ3) is 4.98. The summed E-state index contributed by atoms with van der Waals surface area (Å²) in [4.78, 5) is 0. The van der Waals surface area contributed by atoms with Gasteiger partial charge in [0, 0.05) is 0 Å². The summed E-state index contributed by atoms with van der Waals surface area (Å²) in [6, 6.07) is 0. The normalized spacial score (nSPS) is 10.8. The average Bonchev–Trinajstić information content (AvgIpc) is 2.71. The maximum atomic E-state index is 8.87. The Bertz CT molecular complexity index is 258. The molecule has 1 aromatic heterocycles. The molecule has 0 radical (unpaired) electrons. The quantitative estimate of drug-likeness (QED) is 0.518. The van der Waals surface area contributed by atoms with Crippen LogP contribution in [0, 0.1) is 0 Å². The molecule has 0 aliphatic heterocycles. The lowest BCUT2D eigenvalue weighted by Gasteiger charge is -1.98. The van der Waals surface area contributed by atoms with Crippen molar-refractivity contribution in [1.82, 2.24) is 4.57 Å². The molecule has 86 valence electrons. The van der Waals surface area contributed by atoms with Gasteiger partial charge in [0.1, 0.15) is 12.4 Å². The summed E-state index contributed by atoms with van der Waals surface area (Å²) < 4.78 is 3.91. The number of aliphatic hydroxyl groups is 1. The third-order valence-electron chi connectivity index (χ3n) is 2.68. The van der Waals surface area contributed by atoms with Gasteiger partial charge in [-0.2, -0.15) is 0 Å². The Morgan fingerprint density at radius 1 is 1.13 bits per heavy atom. The second kappa shape index (κ2) is 7.46. The van der Waals surface area contributed by atoms with Crippen molar-refractivity contribution in [1.29, 1.82) is 0 Å². The van der Waals surface area contributed by atoms with E-state index in [4.69, 9.17) is 5.11 Å². The molecule has 0 aromatic carbocycles. The van der Waals surface area contributed by atoms with Gasteiger partial charge in [-0.25, -0.2) is 9.13 Å². The van der Waals surface area contributed by atoms with Crippen molar-refractivity contribution in [2.45, 2.75) is 58.7 Å². The van der Waals surface area contributed by atoms with E-state index in [1.165, 1.54) is 38.5 Å². The van der Waals surface area contributed by atoms with Crippen LogP contribution < -0.4 is 4.57 Å². The number of unbranched alkanes of at least 4 members (excludes halogenated alkanes) is 5. The Kier molecular flexibility index (Phi) is 6.09. The van der Waals surface area contributed by atoms with Crippen molar-refractivity contribution >= 4 is 0 Å². The molecule has 1 N–H and O–H groups in total. The number of aryl methyl sites for hydroxylation is 1. The van der Waals surface area contributed by atoms with Gasteiger partial charge in [-0.1, -0.05) is 32.6 Å². The molecule has 0 saturated heterocycles. The van der Waals surface area contributed by atoms with Crippen LogP contribution in [0.5, 0.6) is 0 Å². The molecule has 1 heterocycles. The van der Waals surface area contributed by atoms with Crippen molar-refractivity contribution in [2.75, 3.05) is 0 Å². The van der Waals surface area contributed by atoms with Crippen LogP contribution in [0.2, 0.25) is 0 Å². The van der Waals surface area contributed by atoms with E-state index in [9.17, 15) is 0 Å². The number of aromatic nitrogens is 2. The topological polar surface area (TPSA) is 29.0 Å². The van der Waals surface area contributed by atoms with Crippen LogP contribution >= 0.6 is 0 Å². The van der Waals surface area contributed by atoms with E-state index in [2.05, 4.69) is 11.5 Å². The second-order valence-electron chi connectivity index (χ2n) is 4.07. The zero-order valence-corrected chi connectivity index (χ0v) is 9.73. The Morgan fingerprint density at radius 3 is 2.53 bits per heavy atom. The summed E-state index contributed by atoms with van der Waals surface area (Å²) >= 11 is 0. The highest BCUT2D eigenvalue weighted by atomic mass is 16.3. The molecule has 3 heteroatoms. The van der Waals surface area contributed by atoms with Crippen LogP contribution in [0.1, 0.15) is 45.4 Å². The Labute approximate surface area is 92.4 Å². The van der Waals surface area contributed by atoms with E-state index >= 15 is 0 Å². The van der Waals surface area contributed by atoms with Gasteiger partial charge in [0.25, 0.3) is 0 Å². The standard InChI is InChI=1S/C12H23N2O/c1-2-3-4-5-6-7-8-13-9-10-14(11-13)12-15/h9-11,15H,2-8,12H2,1H3/q+1. The van der Waals surface area contributed by atoms with E-state index in [-0.39, 0.29) is 6.73 Å². The van der Waals surface area contributed by atoms with Gasteiger partial charge in [-0.3, -0.25) is 0 Å². The molecule has 0 bridgehead atoms. The molecule has 1 aromatic rings. The first-order valence-corrected chi connectivity index (χ1v) is 6.02. The van der Waals surface area contributed by atoms with Gasteiger partial charge in [0.15, 0.2) is 6.73 Å². The minimum absolute atomic E-state index is 0.0729. The number of rotatable bonds is 8. The van der Waals surface area contributed by atoms with Gasteiger partial charge >= 0.3 is 0 Å². The molecule has 1 rings (SSSR count). The average molecular weight is 211 g/mol. The predicted molar refractivity (Wildman–Crippen MR) is 60.2 cm³/mol. The van der Waals surface area contributed by atoms with E-state index in [0.717, 1.165) is 6.54 Å². The minimum atomic E-state index is 0.0729. The summed E-state index contributed by atoms with van der Waals surface area (Å²) in [6.07, 6.45) is 13.8. The van der Waals surface area contributed by atoms with Crippen molar-refractivity contribution in [3.05, 3.63) is 18.7 Å². The van der Waals surface area contributed by atoms with Gasteiger partial charge in [-0.15, -0.1) is 0 Å². The third-order valence-corrected chi connectivity index (χ3v) is 2.68. The molecule has 0 atom stereocenters. The summed E-state index contributed by atoms with van der Waals surface area (Å²) in [5, 5.41) is 8.87. The second-order valence-corrected chi connectivity index (χ2v) is 4.07.